The van der Waals surface area contributed by atoms with Crippen molar-refractivity contribution in [2.24, 2.45) is 0 Å². The summed E-state index contributed by atoms with van der Waals surface area (Å²) in [5.41, 5.74) is 1.09. The first-order chi connectivity index (χ1) is 11.3. The third-order valence-corrected chi connectivity index (χ3v) is 5.43. The molecule has 4 rings (SSSR count). The van der Waals surface area contributed by atoms with E-state index in [0.29, 0.717) is 0 Å². The number of hydrogen-bond acceptors (Lipinski definition) is 1. The van der Waals surface area contributed by atoms with E-state index in [2.05, 4.69) is 54.6 Å². The summed E-state index contributed by atoms with van der Waals surface area (Å²) >= 11 is 0. The first kappa shape index (κ1) is 14.4. The molecule has 0 saturated heterocycles. The van der Waals surface area contributed by atoms with E-state index in [-0.39, 0.29) is 0 Å². The Balaban J connectivity index is 1.85. The zero-order valence-electron chi connectivity index (χ0n) is 12.6. The van der Waals surface area contributed by atoms with Crippen LogP contribution in [-0.4, -0.2) is 11.9 Å². The van der Waals surface area contributed by atoms with Crippen LogP contribution in [0.2, 0.25) is 0 Å². The number of rotatable bonds is 3. The summed E-state index contributed by atoms with van der Waals surface area (Å²) in [6, 6.07) is 28.8. The Labute approximate surface area is 137 Å². The van der Waals surface area contributed by atoms with E-state index in [1.807, 2.05) is 37.3 Å². The molecule has 0 aromatic heterocycles. The van der Waals surface area contributed by atoms with Crippen molar-refractivity contribution in [2.75, 3.05) is 0 Å². The first-order valence-corrected chi connectivity index (χ1v) is 8.98. The average molecular weight is 313 g/mol. The molecule has 4 aromatic rings. The molecule has 0 spiro atoms. The fraction of sp³-hybridized carbons (Fsp3) is 0. The summed E-state index contributed by atoms with van der Waals surface area (Å²) < 4.78 is 0. The molecular weight excluding hydrogens is 298 g/mol. The zero-order chi connectivity index (χ0) is 15.6. The quantitative estimate of drug-likeness (QED) is 0.345. The Morgan fingerprint density at radius 3 is 2.04 bits per heavy atom. The molecular formula is C20H15BOP. The summed E-state index contributed by atoms with van der Waals surface area (Å²) in [7, 11) is -1.31. The van der Waals surface area contributed by atoms with Crippen LogP contribution in [0.4, 0.5) is 0 Å². The Bertz CT molecular complexity index is 969. The van der Waals surface area contributed by atoms with E-state index < -0.39 is 8.03 Å². The molecule has 1 atom stereocenters. The lowest BCUT2D eigenvalue weighted by molar-refractivity contribution is 0.649. The van der Waals surface area contributed by atoms with Crippen molar-refractivity contribution in [1.82, 2.24) is 0 Å². The van der Waals surface area contributed by atoms with Gasteiger partial charge in [0.05, 0.1) is 0 Å². The molecule has 0 aliphatic heterocycles. The second kappa shape index (κ2) is 6.16. The van der Waals surface area contributed by atoms with Crippen molar-refractivity contribution >= 4 is 47.3 Å². The highest BCUT2D eigenvalue weighted by atomic mass is 31.1. The molecule has 23 heavy (non-hydrogen) atoms. The van der Waals surface area contributed by atoms with Crippen molar-refractivity contribution in [2.45, 2.75) is 0 Å². The van der Waals surface area contributed by atoms with Gasteiger partial charge in [-0.25, -0.2) is 0 Å². The molecule has 0 aliphatic carbocycles. The van der Waals surface area contributed by atoms with E-state index in [4.69, 9.17) is 0 Å². The highest BCUT2D eigenvalue weighted by Gasteiger charge is 2.14. The molecule has 3 heteroatoms. The Hall–Kier alpha value is -2.15. The van der Waals surface area contributed by atoms with Crippen LogP contribution in [0.5, 0.6) is 0 Å². The zero-order valence-corrected chi connectivity index (χ0v) is 13.4. The van der Waals surface area contributed by atoms with Gasteiger partial charge in [-0.2, -0.15) is 0 Å². The van der Waals surface area contributed by atoms with Crippen LogP contribution >= 0.6 is 8.03 Å². The van der Waals surface area contributed by atoms with Crippen LogP contribution < -0.4 is 10.8 Å². The van der Waals surface area contributed by atoms with Gasteiger partial charge in [-0.3, -0.25) is 0 Å². The normalized spacial score (nSPS) is 12.4. The van der Waals surface area contributed by atoms with E-state index in [9.17, 15) is 4.89 Å². The largest absolute Gasteiger partial charge is 0.379 e. The maximum absolute atomic E-state index is 10.6. The minimum Gasteiger partial charge on any atom is -0.379 e. The summed E-state index contributed by atoms with van der Waals surface area (Å²) in [6.07, 6.45) is 0. The first-order valence-electron chi connectivity index (χ1n) is 7.61. The molecule has 1 radical (unpaired) electrons. The lowest BCUT2D eigenvalue weighted by Gasteiger charge is -2.14. The minimum atomic E-state index is -1.31. The molecule has 4 aromatic carbocycles. The molecule has 0 unspecified atom stereocenters. The predicted molar refractivity (Wildman–Crippen MR) is 102 cm³/mol. The second-order valence-electron chi connectivity index (χ2n) is 5.54. The summed E-state index contributed by atoms with van der Waals surface area (Å²) in [4.78, 5) is 10.6. The fourth-order valence-corrected chi connectivity index (χ4v) is 4.08. The highest BCUT2D eigenvalue weighted by molar-refractivity contribution is 7.89. The number of fused-ring (bicyclic) bond motifs is 3. The van der Waals surface area contributed by atoms with Crippen LogP contribution in [0.15, 0.2) is 84.9 Å². The van der Waals surface area contributed by atoms with Gasteiger partial charge in [0, 0.05) is 8.03 Å². The van der Waals surface area contributed by atoms with Crippen LogP contribution in [-0.2, 0) is 0 Å². The van der Waals surface area contributed by atoms with E-state index >= 15 is 0 Å². The van der Waals surface area contributed by atoms with E-state index in [1.54, 1.807) is 0 Å². The van der Waals surface area contributed by atoms with Gasteiger partial charge in [-0.05, 0) is 26.8 Å². The SMILES string of the molecule is O[P@@]([B]c1cc2ccccc2c2ccccc12)c1ccccc1. The summed E-state index contributed by atoms with van der Waals surface area (Å²) in [5.74, 6) is 0. The van der Waals surface area contributed by atoms with Crippen molar-refractivity contribution in [3.63, 3.8) is 0 Å². The molecule has 109 valence electrons. The molecule has 0 amide bonds. The molecule has 0 fully saturated rings. The van der Waals surface area contributed by atoms with Gasteiger partial charge in [0.1, 0.15) is 0 Å². The third kappa shape index (κ3) is 2.76. The Morgan fingerprint density at radius 2 is 1.26 bits per heavy atom. The van der Waals surface area contributed by atoms with E-state index in [1.165, 1.54) is 21.5 Å². The van der Waals surface area contributed by atoms with Crippen LogP contribution in [0.1, 0.15) is 0 Å². The molecule has 1 nitrogen and oxygen atoms in total. The van der Waals surface area contributed by atoms with Gasteiger partial charge >= 0.3 is 0 Å². The third-order valence-electron chi connectivity index (χ3n) is 4.08. The Kier molecular flexibility index (Phi) is 3.87. The number of benzene rings is 4. The smallest absolute Gasteiger partial charge is 0.228 e. The van der Waals surface area contributed by atoms with Crippen LogP contribution in [0.3, 0.4) is 0 Å². The minimum absolute atomic E-state index is 0.972. The Morgan fingerprint density at radius 1 is 0.652 bits per heavy atom. The molecule has 0 saturated carbocycles. The van der Waals surface area contributed by atoms with Gasteiger partial charge in [0.15, 0.2) is 0 Å². The summed E-state index contributed by atoms with van der Waals surface area (Å²) in [6.45, 7) is 2.00. The van der Waals surface area contributed by atoms with Gasteiger partial charge in [-0.1, -0.05) is 90.4 Å². The molecule has 1 N–H and O–H groups in total. The van der Waals surface area contributed by atoms with Crippen molar-refractivity contribution in [1.29, 1.82) is 0 Å². The fourth-order valence-electron chi connectivity index (χ4n) is 2.98. The van der Waals surface area contributed by atoms with Crippen LogP contribution in [0, 0.1) is 0 Å². The van der Waals surface area contributed by atoms with Gasteiger partial charge in [-0.15, -0.1) is 0 Å². The van der Waals surface area contributed by atoms with Gasteiger partial charge in [0.25, 0.3) is 0 Å². The predicted octanol–water partition coefficient (Wildman–Crippen LogP) is 3.95. The van der Waals surface area contributed by atoms with Crippen molar-refractivity contribution in [3.8, 4) is 0 Å². The lowest BCUT2D eigenvalue weighted by Crippen LogP contribution is -2.18. The maximum atomic E-state index is 10.6. The topological polar surface area (TPSA) is 20.2 Å². The molecule has 0 aliphatic rings. The standard InChI is InChI=1S/C20H15BOP/c22-23(16-9-2-1-3-10-16)21-20-14-15-8-4-5-11-17(15)18-12-6-7-13-19(18)20/h1-14,22H/t23-/m1/s1. The van der Waals surface area contributed by atoms with Crippen molar-refractivity contribution in [3.05, 3.63) is 84.9 Å². The van der Waals surface area contributed by atoms with Crippen LogP contribution in [0.25, 0.3) is 21.5 Å². The maximum Gasteiger partial charge on any atom is 0.228 e. The monoisotopic (exact) mass is 313 g/mol. The lowest BCUT2D eigenvalue weighted by atomic mass is 9.86. The summed E-state index contributed by atoms with van der Waals surface area (Å²) in [5, 5.41) is 5.84. The molecule has 0 heterocycles. The number of hydrogen-bond donors (Lipinski definition) is 1. The highest BCUT2D eigenvalue weighted by Crippen LogP contribution is 2.29. The second-order valence-corrected chi connectivity index (χ2v) is 7.01. The van der Waals surface area contributed by atoms with Gasteiger partial charge in [0.2, 0.25) is 7.00 Å². The average Bonchev–Trinajstić information content (AvgIpc) is 2.62. The molecule has 0 bridgehead atoms. The van der Waals surface area contributed by atoms with Gasteiger partial charge < -0.3 is 4.89 Å². The van der Waals surface area contributed by atoms with Crippen molar-refractivity contribution < 1.29 is 4.89 Å². The van der Waals surface area contributed by atoms with E-state index in [0.717, 1.165) is 10.8 Å².